The highest BCUT2D eigenvalue weighted by atomic mass is 16.5. The molecule has 17 unspecified atom stereocenters. The number of hydrogen-bond acceptors (Lipinski definition) is 19. The second-order valence-electron chi connectivity index (χ2n) is 14.5. The van der Waals surface area contributed by atoms with E-state index in [-0.39, 0.29) is 36.1 Å². The summed E-state index contributed by atoms with van der Waals surface area (Å²) in [6.45, 7) is 12.1. The summed E-state index contributed by atoms with van der Waals surface area (Å²) < 4.78 is 15.6. The minimum Gasteiger partial charge on any atom is -0.390 e. The molecule has 3 heterocycles. The van der Waals surface area contributed by atoms with E-state index in [1.165, 1.54) is 34.6 Å². The lowest BCUT2D eigenvalue weighted by Crippen LogP contribution is -2.59. The standard InChI is InChI=1S/C10H18O4.C9H16O5.2C8H14O5/c1-4-7-9(13)8(12)5(2)10(14-7)6(3)11;1-3-5-6(11)7(12)8(13)9(14-5)4(2)10;1-4(9)8(13)2-5(10)7(12)6(11)3-8;1-3(9)8-7(12)6(11)5(10)4(2)13-8/h5,7-10,12-13H,4H2,1-3H3;5-9,11-13H,3H2,1-2H3;5-7,10-13H,2-3H2,1H3;4-8,10-12H,1-2H3. The Kier molecular flexibility index (Phi) is 20.0. The molecule has 0 radical (unpaired) electrons. The van der Waals surface area contributed by atoms with E-state index in [2.05, 4.69) is 0 Å². The van der Waals surface area contributed by atoms with Gasteiger partial charge in [-0.3, -0.25) is 19.2 Å². The molecule has 4 aliphatic rings. The molecule has 316 valence electrons. The van der Waals surface area contributed by atoms with Crippen LogP contribution in [-0.4, -0.2) is 194 Å². The molecular formula is C35H62O19. The molecule has 0 aromatic rings. The van der Waals surface area contributed by atoms with E-state index in [4.69, 9.17) is 19.3 Å². The molecule has 19 nitrogen and oxygen atoms in total. The third-order valence-electron chi connectivity index (χ3n) is 10.2. The van der Waals surface area contributed by atoms with E-state index in [0.29, 0.717) is 12.8 Å². The van der Waals surface area contributed by atoms with Crippen molar-refractivity contribution in [2.75, 3.05) is 0 Å². The fourth-order valence-electron chi connectivity index (χ4n) is 6.48. The second kappa shape index (κ2) is 21.6. The largest absolute Gasteiger partial charge is 0.390 e. The van der Waals surface area contributed by atoms with Gasteiger partial charge in [-0.1, -0.05) is 20.8 Å². The van der Waals surface area contributed by atoms with Crippen molar-refractivity contribution in [3.05, 3.63) is 0 Å². The lowest BCUT2D eigenvalue weighted by Gasteiger charge is -2.40. The van der Waals surface area contributed by atoms with Crippen LogP contribution in [0.4, 0.5) is 0 Å². The predicted octanol–water partition coefficient (Wildman–Crippen LogP) is -4.43. The van der Waals surface area contributed by atoms with E-state index in [1.54, 1.807) is 13.8 Å². The molecule has 0 aromatic carbocycles. The van der Waals surface area contributed by atoms with Crippen LogP contribution in [-0.2, 0) is 33.4 Å². The fraction of sp³-hybridized carbons (Fsp3) is 0.886. The molecule has 1 saturated carbocycles. The van der Waals surface area contributed by atoms with Crippen molar-refractivity contribution in [2.45, 2.75) is 190 Å². The highest BCUT2D eigenvalue weighted by molar-refractivity contribution is 5.85. The quantitative estimate of drug-likeness (QED) is 0.121. The van der Waals surface area contributed by atoms with Crippen molar-refractivity contribution in [3.8, 4) is 0 Å². The SMILES string of the molecule is CC(=O)C1(O)CC(O)C(O)C(O)C1.CC(=O)C1OC(C)C(O)C(O)C1O.CCC1OC(C(C)=O)C(C)C(O)C1O.CCC1OC(C(C)=O)C(O)C(O)C1O. The first-order valence-corrected chi connectivity index (χ1v) is 18.0. The molecule has 3 saturated heterocycles. The number of carbonyl (C=O) groups is 4. The monoisotopic (exact) mass is 786 g/mol. The summed E-state index contributed by atoms with van der Waals surface area (Å²) >= 11 is 0. The van der Waals surface area contributed by atoms with Crippen molar-refractivity contribution in [2.24, 2.45) is 5.92 Å². The van der Waals surface area contributed by atoms with Gasteiger partial charge in [0.25, 0.3) is 0 Å². The summed E-state index contributed by atoms with van der Waals surface area (Å²) in [6, 6.07) is 0. The zero-order valence-electron chi connectivity index (χ0n) is 31.9. The lowest BCUT2D eigenvalue weighted by atomic mass is 9.77. The normalized spacial score (nSPS) is 44.8. The Hall–Kier alpha value is -1.92. The third-order valence-corrected chi connectivity index (χ3v) is 10.2. The number of ketones is 4. The van der Waals surface area contributed by atoms with Gasteiger partial charge in [-0.2, -0.15) is 0 Å². The van der Waals surface area contributed by atoms with E-state index < -0.39 is 115 Å². The molecule has 0 bridgehead atoms. The van der Waals surface area contributed by atoms with Gasteiger partial charge in [0.15, 0.2) is 23.1 Å². The average Bonchev–Trinajstić information content (AvgIpc) is 3.09. The van der Waals surface area contributed by atoms with Gasteiger partial charge in [-0.25, -0.2) is 0 Å². The maximum Gasteiger partial charge on any atom is 0.161 e. The van der Waals surface area contributed by atoms with Crippen molar-refractivity contribution in [1.29, 1.82) is 0 Å². The first kappa shape index (κ1) is 50.1. The number of aliphatic hydroxyl groups is 12. The zero-order valence-corrected chi connectivity index (χ0v) is 31.9. The Morgan fingerprint density at radius 3 is 1.22 bits per heavy atom. The number of aliphatic hydroxyl groups excluding tert-OH is 11. The predicted molar refractivity (Wildman–Crippen MR) is 184 cm³/mol. The minimum atomic E-state index is -1.70. The van der Waals surface area contributed by atoms with Gasteiger partial charge in [0, 0.05) is 18.8 Å². The number of hydrogen-bond donors (Lipinski definition) is 12. The van der Waals surface area contributed by atoms with Crippen LogP contribution in [0.2, 0.25) is 0 Å². The van der Waals surface area contributed by atoms with E-state index in [1.807, 2.05) is 6.92 Å². The topological polar surface area (TPSA) is 339 Å². The number of rotatable bonds is 6. The highest BCUT2D eigenvalue weighted by Crippen LogP contribution is 2.30. The van der Waals surface area contributed by atoms with E-state index >= 15 is 0 Å². The van der Waals surface area contributed by atoms with Gasteiger partial charge < -0.3 is 75.5 Å². The number of Topliss-reactive ketones (excluding diaryl/α,β-unsaturated/α-hetero) is 4. The molecule has 19 heteroatoms. The van der Waals surface area contributed by atoms with Crippen LogP contribution in [0.1, 0.15) is 81.1 Å². The summed E-state index contributed by atoms with van der Waals surface area (Å²) in [5.41, 5.74) is -1.70. The Labute approximate surface area is 314 Å². The molecule has 0 spiro atoms. The van der Waals surface area contributed by atoms with E-state index in [0.717, 1.165) is 0 Å². The van der Waals surface area contributed by atoms with Crippen LogP contribution in [0.15, 0.2) is 0 Å². The van der Waals surface area contributed by atoms with Crippen LogP contribution in [0.3, 0.4) is 0 Å². The van der Waals surface area contributed by atoms with Crippen LogP contribution in [0.5, 0.6) is 0 Å². The summed E-state index contributed by atoms with van der Waals surface area (Å²) in [7, 11) is 0. The molecule has 0 aromatic heterocycles. The smallest absolute Gasteiger partial charge is 0.161 e. The molecule has 54 heavy (non-hydrogen) atoms. The van der Waals surface area contributed by atoms with Gasteiger partial charge in [-0.05, 0) is 47.5 Å². The van der Waals surface area contributed by atoms with Gasteiger partial charge >= 0.3 is 0 Å². The summed E-state index contributed by atoms with van der Waals surface area (Å²) in [4.78, 5) is 44.1. The van der Waals surface area contributed by atoms with Gasteiger partial charge in [0.05, 0.1) is 36.6 Å². The number of carbonyl (C=O) groups excluding carboxylic acids is 4. The molecule has 4 rings (SSSR count). The second-order valence-corrected chi connectivity index (χ2v) is 14.5. The van der Waals surface area contributed by atoms with Crippen LogP contribution in [0.25, 0.3) is 0 Å². The number of ether oxygens (including phenoxy) is 3. The molecule has 1 aliphatic carbocycles. The van der Waals surface area contributed by atoms with Gasteiger partial charge in [-0.15, -0.1) is 0 Å². The van der Waals surface area contributed by atoms with Crippen molar-refractivity contribution < 1.29 is 94.7 Å². The summed E-state index contributed by atoms with van der Waals surface area (Å²) in [5.74, 6) is -1.64. The van der Waals surface area contributed by atoms with Crippen LogP contribution >= 0.6 is 0 Å². The Morgan fingerprint density at radius 2 is 0.852 bits per heavy atom. The molecule has 17 atom stereocenters. The first-order chi connectivity index (χ1) is 24.8. The minimum absolute atomic E-state index is 0.0955. The van der Waals surface area contributed by atoms with Crippen molar-refractivity contribution in [3.63, 3.8) is 0 Å². The maximum absolute atomic E-state index is 11.2. The van der Waals surface area contributed by atoms with Crippen LogP contribution in [0, 0.1) is 5.92 Å². The maximum atomic E-state index is 11.2. The van der Waals surface area contributed by atoms with Crippen molar-refractivity contribution in [1.82, 2.24) is 0 Å². The zero-order chi connectivity index (χ0) is 42.2. The molecular weight excluding hydrogens is 724 g/mol. The molecule has 0 amide bonds. The summed E-state index contributed by atoms with van der Waals surface area (Å²) in [6.07, 6.45) is -16.8. The molecule has 12 N–H and O–H groups in total. The lowest BCUT2D eigenvalue weighted by molar-refractivity contribution is -0.219. The third kappa shape index (κ3) is 12.5. The van der Waals surface area contributed by atoms with Crippen molar-refractivity contribution >= 4 is 23.1 Å². The molecule has 4 fully saturated rings. The Balaban J connectivity index is 0.000000360. The summed E-state index contributed by atoms with van der Waals surface area (Å²) in [5, 5.41) is 113. The fourth-order valence-corrected chi connectivity index (χ4v) is 6.48. The first-order valence-electron chi connectivity index (χ1n) is 18.0. The van der Waals surface area contributed by atoms with Crippen LogP contribution < -0.4 is 0 Å². The van der Waals surface area contributed by atoms with Gasteiger partial charge in [0.1, 0.15) is 72.7 Å². The van der Waals surface area contributed by atoms with E-state index in [9.17, 15) is 75.3 Å². The highest BCUT2D eigenvalue weighted by Gasteiger charge is 2.47. The Morgan fingerprint density at radius 1 is 0.500 bits per heavy atom. The Bertz CT molecular complexity index is 1150. The molecule has 3 aliphatic heterocycles. The van der Waals surface area contributed by atoms with Gasteiger partial charge in [0.2, 0.25) is 0 Å². The average molecular weight is 787 g/mol.